The van der Waals surface area contributed by atoms with Crippen molar-refractivity contribution in [3.8, 4) is 0 Å². The highest BCUT2D eigenvalue weighted by Gasteiger charge is 2.12. The first-order chi connectivity index (χ1) is 5.60. The molecule has 0 aliphatic heterocycles. The molecular formula is C9H19NO2. The molecule has 0 aliphatic rings. The summed E-state index contributed by atoms with van der Waals surface area (Å²) < 4.78 is 0. The van der Waals surface area contributed by atoms with Gasteiger partial charge in [0.15, 0.2) is 0 Å². The van der Waals surface area contributed by atoms with Crippen molar-refractivity contribution in [1.82, 2.24) is 5.48 Å². The number of hydrogen-bond acceptors (Lipinski definition) is 2. The summed E-state index contributed by atoms with van der Waals surface area (Å²) in [6.45, 7) is 6.34. The van der Waals surface area contributed by atoms with Crippen LogP contribution in [0, 0.1) is 11.8 Å². The van der Waals surface area contributed by atoms with Crippen molar-refractivity contribution >= 4 is 5.91 Å². The standard InChI is InChI=1S/C9H19NO2/c1-4-8(5-7(2)3)6-9(11)10-12/h7-8,12H,4-6H2,1-3H3,(H,10,11). The molecule has 3 nitrogen and oxygen atoms in total. The van der Waals surface area contributed by atoms with Gasteiger partial charge in [-0.15, -0.1) is 0 Å². The molecule has 0 aromatic rings. The zero-order valence-corrected chi connectivity index (χ0v) is 8.13. The number of nitrogens with one attached hydrogen (secondary N) is 1. The normalized spacial score (nSPS) is 13.1. The van der Waals surface area contributed by atoms with E-state index in [0.717, 1.165) is 12.8 Å². The van der Waals surface area contributed by atoms with Crippen molar-refractivity contribution in [2.45, 2.75) is 40.0 Å². The number of carbonyl (C=O) groups is 1. The Morgan fingerprint density at radius 2 is 2.08 bits per heavy atom. The van der Waals surface area contributed by atoms with Gasteiger partial charge >= 0.3 is 0 Å². The maximum absolute atomic E-state index is 10.8. The molecule has 0 aliphatic carbocycles. The van der Waals surface area contributed by atoms with E-state index in [-0.39, 0.29) is 5.91 Å². The lowest BCUT2D eigenvalue weighted by Crippen LogP contribution is -2.22. The highest BCUT2D eigenvalue weighted by Crippen LogP contribution is 2.18. The molecule has 1 unspecified atom stereocenters. The molecule has 1 amide bonds. The Morgan fingerprint density at radius 1 is 1.50 bits per heavy atom. The molecule has 0 heterocycles. The summed E-state index contributed by atoms with van der Waals surface area (Å²) in [6.07, 6.45) is 2.47. The smallest absolute Gasteiger partial charge is 0.243 e. The predicted molar refractivity (Wildman–Crippen MR) is 47.8 cm³/mol. The minimum Gasteiger partial charge on any atom is -0.289 e. The number of carbonyl (C=O) groups excluding carboxylic acids is 1. The van der Waals surface area contributed by atoms with E-state index >= 15 is 0 Å². The average molecular weight is 173 g/mol. The molecule has 0 fully saturated rings. The lowest BCUT2D eigenvalue weighted by molar-refractivity contribution is -0.130. The van der Waals surface area contributed by atoms with E-state index in [1.165, 1.54) is 0 Å². The summed E-state index contributed by atoms with van der Waals surface area (Å²) in [5.41, 5.74) is 1.66. The molecule has 0 aromatic carbocycles. The molecule has 0 bridgehead atoms. The third-order valence-electron chi connectivity index (χ3n) is 1.98. The fourth-order valence-electron chi connectivity index (χ4n) is 1.37. The van der Waals surface area contributed by atoms with Crippen LogP contribution in [0.25, 0.3) is 0 Å². The molecule has 1 atom stereocenters. The highest BCUT2D eigenvalue weighted by atomic mass is 16.5. The minimum absolute atomic E-state index is 0.275. The van der Waals surface area contributed by atoms with Crippen molar-refractivity contribution in [2.24, 2.45) is 11.8 Å². The molecule has 3 heteroatoms. The summed E-state index contributed by atoms with van der Waals surface area (Å²) in [5, 5.41) is 8.31. The quantitative estimate of drug-likeness (QED) is 0.493. The predicted octanol–water partition coefficient (Wildman–Crippen LogP) is 1.95. The van der Waals surface area contributed by atoms with E-state index in [0.29, 0.717) is 18.3 Å². The largest absolute Gasteiger partial charge is 0.289 e. The monoisotopic (exact) mass is 173 g/mol. The summed E-state index contributed by atoms with van der Waals surface area (Å²) in [4.78, 5) is 10.8. The van der Waals surface area contributed by atoms with Gasteiger partial charge in [0, 0.05) is 6.42 Å². The van der Waals surface area contributed by atoms with Gasteiger partial charge in [0.2, 0.25) is 5.91 Å². The second kappa shape index (κ2) is 6.00. The van der Waals surface area contributed by atoms with Crippen molar-refractivity contribution in [3.05, 3.63) is 0 Å². The first kappa shape index (κ1) is 11.4. The van der Waals surface area contributed by atoms with E-state index in [1.54, 1.807) is 5.48 Å². The van der Waals surface area contributed by atoms with Gasteiger partial charge in [0.05, 0.1) is 0 Å². The summed E-state index contributed by atoms with van der Waals surface area (Å²) in [7, 11) is 0. The van der Waals surface area contributed by atoms with Crippen LogP contribution in [-0.2, 0) is 4.79 Å². The maximum Gasteiger partial charge on any atom is 0.243 e. The van der Waals surface area contributed by atoms with Gasteiger partial charge < -0.3 is 0 Å². The molecule has 0 saturated heterocycles. The number of hydrogen-bond donors (Lipinski definition) is 2. The molecule has 0 aromatic heterocycles. The van der Waals surface area contributed by atoms with Crippen LogP contribution < -0.4 is 5.48 Å². The van der Waals surface area contributed by atoms with Gasteiger partial charge in [-0.05, 0) is 18.3 Å². The first-order valence-electron chi connectivity index (χ1n) is 4.53. The Bertz CT molecular complexity index is 134. The van der Waals surface area contributed by atoms with E-state index in [4.69, 9.17) is 5.21 Å². The van der Waals surface area contributed by atoms with Crippen LogP contribution >= 0.6 is 0 Å². The number of amides is 1. The third kappa shape index (κ3) is 5.13. The Hall–Kier alpha value is -0.570. The van der Waals surface area contributed by atoms with Gasteiger partial charge in [0.25, 0.3) is 0 Å². The van der Waals surface area contributed by atoms with E-state index < -0.39 is 0 Å². The van der Waals surface area contributed by atoms with Gasteiger partial charge in [-0.1, -0.05) is 27.2 Å². The Balaban J connectivity index is 3.74. The van der Waals surface area contributed by atoms with E-state index in [9.17, 15) is 4.79 Å². The van der Waals surface area contributed by atoms with Crippen LogP contribution in [0.1, 0.15) is 40.0 Å². The molecule has 0 radical (unpaired) electrons. The van der Waals surface area contributed by atoms with Crippen molar-refractivity contribution < 1.29 is 10.0 Å². The Morgan fingerprint density at radius 3 is 2.42 bits per heavy atom. The molecule has 0 saturated carbocycles. The second-order valence-electron chi connectivity index (χ2n) is 3.64. The number of rotatable bonds is 5. The second-order valence-corrected chi connectivity index (χ2v) is 3.64. The molecule has 12 heavy (non-hydrogen) atoms. The van der Waals surface area contributed by atoms with Gasteiger partial charge in [-0.25, -0.2) is 5.48 Å². The molecule has 72 valence electrons. The lowest BCUT2D eigenvalue weighted by Gasteiger charge is -2.15. The van der Waals surface area contributed by atoms with Crippen molar-refractivity contribution in [1.29, 1.82) is 0 Å². The van der Waals surface area contributed by atoms with Crippen LogP contribution in [0.3, 0.4) is 0 Å². The van der Waals surface area contributed by atoms with Crippen LogP contribution in [0.15, 0.2) is 0 Å². The maximum atomic E-state index is 10.8. The number of hydroxylamine groups is 1. The summed E-state index contributed by atoms with van der Waals surface area (Å²) in [5.74, 6) is 0.737. The molecule has 0 spiro atoms. The molecular weight excluding hydrogens is 154 g/mol. The van der Waals surface area contributed by atoms with Crippen LogP contribution in [0.2, 0.25) is 0 Å². The average Bonchev–Trinajstić information content (AvgIpc) is 2.02. The highest BCUT2D eigenvalue weighted by molar-refractivity contribution is 5.74. The van der Waals surface area contributed by atoms with Crippen LogP contribution in [-0.4, -0.2) is 11.1 Å². The van der Waals surface area contributed by atoms with Crippen LogP contribution in [0.5, 0.6) is 0 Å². The fraction of sp³-hybridized carbons (Fsp3) is 0.889. The van der Waals surface area contributed by atoms with E-state index in [1.807, 2.05) is 0 Å². The van der Waals surface area contributed by atoms with Crippen molar-refractivity contribution in [3.63, 3.8) is 0 Å². The Labute approximate surface area is 74.1 Å². The molecule has 0 rings (SSSR count). The zero-order valence-electron chi connectivity index (χ0n) is 8.13. The van der Waals surface area contributed by atoms with Crippen LogP contribution in [0.4, 0.5) is 0 Å². The van der Waals surface area contributed by atoms with Gasteiger partial charge in [-0.3, -0.25) is 10.0 Å². The van der Waals surface area contributed by atoms with Gasteiger partial charge in [-0.2, -0.15) is 0 Å². The van der Waals surface area contributed by atoms with E-state index in [2.05, 4.69) is 20.8 Å². The fourth-order valence-corrected chi connectivity index (χ4v) is 1.37. The topological polar surface area (TPSA) is 49.3 Å². The molecule has 2 N–H and O–H groups in total. The van der Waals surface area contributed by atoms with Crippen molar-refractivity contribution in [2.75, 3.05) is 0 Å². The Kier molecular flexibility index (Phi) is 5.72. The lowest BCUT2D eigenvalue weighted by atomic mass is 9.92. The minimum atomic E-state index is -0.275. The SMILES string of the molecule is CCC(CC(=O)NO)CC(C)C. The summed E-state index contributed by atoms with van der Waals surface area (Å²) in [6, 6.07) is 0. The third-order valence-corrected chi connectivity index (χ3v) is 1.98. The zero-order chi connectivity index (χ0) is 9.56. The first-order valence-corrected chi connectivity index (χ1v) is 4.53. The summed E-state index contributed by atoms with van der Waals surface area (Å²) >= 11 is 0. The van der Waals surface area contributed by atoms with Gasteiger partial charge in [0.1, 0.15) is 0 Å².